The zero-order valence-corrected chi connectivity index (χ0v) is 11.2. The van der Waals surface area contributed by atoms with Gasteiger partial charge in [-0.3, -0.25) is 0 Å². The van der Waals surface area contributed by atoms with Gasteiger partial charge in [-0.05, 0) is 31.4 Å². The van der Waals surface area contributed by atoms with Crippen molar-refractivity contribution in [1.82, 2.24) is 0 Å². The molecule has 0 spiro atoms. The summed E-state index contributed by atoms with van der Waals surface area (Å²) >= 11 is 0. The fourth-order valence-electron chi connectivity index (χ4n) is 2.92. The summed E-state index contributed by atoms with van der Waals surface area (Å²) in [4.78, 5) is 0. The van der Waals surface area contributed by atoms with Crippen molar-refractivity contribution in [2.75, 3.05) is 0 Å². The minimum Gasteiger partial charge on any atom is -0.489 e. The van der Waals surface area contributed by atoms with Crippen molar-refractivity contribution in [3.8, 4) is 5.75 Å². The van der Waals surface area contributed by atoms with Crippen LogP contribution in [-0.4, -0.2) is 17.3 Å². The van der Waals surface area contributed by atoms with Crippen LogP contribution in [0.25, 0.3) is 0 Å². The van der Waals surface area contributed by atoms with Crippen LogP contribution in [0, 0.1) is 18.2 Å². The van der Waals surface area contributed by atoms with Crippen molar-refractivity contribution >= 4 is 0 Å². The minimum atomic E-state index is -0.300. The van der Waals surface area contributed by atoms with E-state index in [9.17, 15) is 9.50 Å². The number of halogens is 1. The molecule has 1 aliphatic rings. The highest BCUT2D eigenvalue weighted by atomic mass is 19.1. The van der Waals surface area contributed by atoms with Gasteiger partial charge in [0.25, 0.3) is 0 Å². The number of aliphatic hydroxyl groups is 1. The van der Waals surface area contributed by atoms with Crippen LogP contribution in [0.3, 0.4) is 0 Å². The zero-order valence-electron chi connectivity index (χ0n) is 11.2. The van der Waals surface area contributed by atoms with Crippen LogP contribution in [0.1, 0.15) is 38.7 Å². The molecular weight excluding hydrogens is 231 g/mol. The first-order valence-electron chi connectivity index (χ1n) is 6.64. The fourth-order valence-corrected chi connectivity index (χ4v) is 2.92. The maximum atomic E-state index is 13.2. The SMILES string of the molecule is CCC1(CC)C(O)CC1Oc1cc(F)ccc1C. The lowest BCUT2D eigenvalue weighted by Crippen LogP contribution is -2.59. The Morgan fingerprint density at radius 1 is 1.39 bits per heavy atom. The van der Waals surface area contributed by atoms with E-state index < -0.39 is 0 Å². The highest BCUT2D eigenvalue weighted by Crippen LogP contribution is 2.49. The molecule has 18 heavy (non-hydrogen) atoms. The first kappa shape index (κ1) is 13.3. The maximum absolute atomic E-state index is 13.2. The van der Waals surface area contributed by atoms with E-state index in [1.165, 1.54) is 12.1 Å². The quantitative estimate of drug-likeness (QED) is 0.889. The van der Waals surface area contributed by atoms with Crippen LogP contribution in [0.2, 0.25) is 0 Å². The van der Waals surface area contributed by atoms with Crippen LogP contribution in [0.15, 0.2) is 18.2 Å². The van der Waals surface area contributed by atoms with E-state index in [-0.39, 0.29) is 23.4 Å². The molecule has 0 bridgehead atoms. The van der Waals surface area contributed by atoms with Crippen molar-refractivity contribution in [3.63, 3.8) is 0 Å². The molecule has 2 unspecified atom stereocenters. The van der Waals surface area contributed by atoms with Crippen molar-refractivity contribution in [2.45, 2.75) is 52.2 Å². The molecule has 1 aromatic rings. The lowest BCUT2D eigenvalue weighted by Gasteiger charge is -2.52. The van der Waals surface area contributed by atoms with Gasteiger partial charge in [0.2, 0.25) is 0 Å². The Morgan fingerprint density at radius 2 is 2.06 bits per heavy atom. The van der Waals surface area contributed by atoms with Crippen LogP contribution >= 0.6 is 0 Å². The van der Waals surface area contributed by atoms with E-state index in [4.69, 9.17) is 4.74 Å². The Balaban J connectivity index is 2.17. The topological polar surface area (TPSA) is 29.5 Å². The van der Waals surface area contributed by atoms with Gasteiger partial charge >= 0.3 is 0 Å². The Kier molecular flexibility index (Phi) is 3.62. The summed E-state index contributed by atoms with van der Waals surface area (Å²) in [6.45, 7) is 6.05. The van der Waals surface area contributed by atoms with Crippen LogP contribution in [-0.2, 0) is 0 Å². The molecule has 1 saturated carbocycles. The molecule has 2 atom stereocenters. The number of hydrogen-bond donors (Lipinski definition) is 1. The molecule has 3 heteroatoms. The Bertz CT molecular complexity index is 427. The van der Waals surface area contributed by atoms with E-state index in [0.29, 0.717) is 12.2 Å². The second kappa shape index (κ2) is 4.88. The smallest absolute Gasteiger partial charge is 0.126 e. The molecule has 1 aromatic carbocycles. The van der Waals surface area contributed by atoms with E-state index in [1.54, 1.807) is 6.07 Å². The molecule has 0 aliphatic heterocycles. The van der Waals surface area contributed by atoms with Gasteiger partial charge in [0.05, 0.1) is 6.10 Å². The first-order chi connectivity index (χ1) is 8.53. The van der Waals surface area contributed by atoms with Gasteiger partial charge in [0.1, 0.15) is 17.7 Å². The Hall–Kier alpha value is -1.09. The molecule has 2 rings (SSSR count). The van der Waals surface area contributed by atoms with Crippen LogP contribution < -0.4 is 4.74 Å². The number of rotatable bonds is 4. The minimum absolute atomic E-state index is 0.0111. The van der Waals surface area contributed by atoms with Crippen molar-refractivity contribution in [1.29, 1.82) is 0 Å². The van der Waals surface area contributed by atoms with Crippen LogP contribution in [0.4, 0.5) is 4.39 Å². The predicted molar refractivity (Wildman–Crippen MR) is 69.2 cm³/mol. The Labute approximate surface area is 108 Å². The molecule has 1 aliphatic carbocycles. The van der Waals surface area contributed by atoms with Gasteiger partial charge in [-0.25, -0.2) is 4.39 Å². The van der Waals surface area contributed by atoms with Crippen molar-refractivity contribution < 1.29 is 14.2 Å². The molecule has 1 fully saturated rings. The van der Waals surface area contributed by atoms with E-state index in [0.717, 1.165) is 18.4 Å². The number of ether oxygens (including phenoxy) is 1. The monoisotopic (exact) mass is 252 g/mol. The van der Waals surface area contributed by atoms with E-state index in [2.05, 4.69) is 13.8 Å². The van der Waals surface area contributed by atoms with Gasteiger partial charge in [-0.2, -0.15) is 0 Å². The zero-order chi connectivity index (χ0) is 13.3. The normalized spacial score (nSPS) is 25.6. The summed E-state index contributed by atoms with van der Waals surface area (Å²) in [5, 5.41) is 9.98. The second-order valence-corrected chi connectivity index (χ2v) is 5.21. The maximum Gasteiger partial charge on any atom is 0.126 e. The number of hydrogen-bond acceptors (Lipinski definition) is 2. The van der Waals surface area contributed by atoms with Gasteiger partial charge in [0.15, 0.2) is 0 Å². The molecule has 1 N–H and O–H groups in total. The number of aliphatic hydroxyl groups excluding tert-OH is 1. The third kappa shape index (κ3) is 2.01. The largest absolute Gasteiger partial charge is 0.489 e. The summed E-state index contributed by atoms with van der Waals surface area (Å²) in [6.07, 6.45) is 2.08. The summed E-state index contributed by atoms with van der Waals surface area (Å²) < 4.78 is 19.2. The third-order valence-corrected chi connectivity index (χ3v) is 4.48. The molecular formula is C15H21FO2. The van der Waals surface area contributed by atoms with Crippen molar-refractivity contribution in [3.05, 3.63) is 29.6 Å². The summed E-state index contributed by atoms with van der Waals surface area (Å²) in [6, 6.07) is 4.58. The average Bonchev–Trinajstić information content (AvgIpc) is 2.35. The molecule has 0 saturated heterocycles. The molecule has 0 aromatic heterocycles. The van der Waals surface area contributed by atoms with Gasteiger partial charge in [-0.15, -0.1) is 0 Å². The average molecular weight is 252 g/mol. The third-order valence-electron chi connectivity index (χ3n) is 4.48. The lowest BCUT2D eigenvalue weighted by atomic mass is 9.60. The highest BCUT2D eigenvalue weighted by Gasteiger charge is 2.53. The van der Waals surface area contributed by atoms with E-state index in [1.807, 2.05) is 6.92 Å². The highest BCUT2D eigenvalue weighted by molar-refractivity contribution is 5.33. The Morgan fingerprint density at radius 3 is 2.61 bits per heavy atom. The lowest BCUT2D eigenvalue weighted by molar-refractivity contribution is -0.159. The van der Waals surface area contributed by atoms with E-state index >= 15 is 0 Å². The molecule has 100 valence electrons. The fraction of sp³-hybridized carbons (Fsp3) is 0.600. The number of benzene rings is 1. The van der Waals surface area contributed by atoms with Gasteiger partial charge in [-0.1, -0.05) is 19.9 Å². The molecule has 0 heterocycles. The number of aryl methyl sites for hydroxylation is 1. The summed E-state index contributed by atoms with van der Waals surface area (Å²) in [5.74, 6) is 0.312. The van der Waals surface area contributed by atoms with Gasteiger partial charge in [0, 0.05) is 17.9 Å². The second-order valence-electron chi connectivity index (χ2n) is 5.21. The predicted octanol–water partition coefficient (Wildman–Crippen LogP) is 3.45. The summed E-state index contributed by atoms with van der Waals surface area (Å²) in [5.41, 5.74) is 0.762. The first-order valence-corrected chi connectivity index (χ1v) is 6.64. The van der Waals surface area contributed by atoms with Gasteiger partial charge < -0.3 is 9.84 Å². The molecule has 0 radical (unpaired) electrons. The van der Waals surface area contributed by atoms with Crippen molar-refractivity contribution in [2.24, 2.45) is 5.41 Å². The van der Waals surface area contributed by atoms with Crippen LogP contribution in [0.5, 0.6) is 5.75 Å². The standard InChI is InChI=1S/C15H21FO2/c1-4-15(5-2)13(17)9-14(15)18-12-8-11(16)7-6-10(12)3/h6-8,13-14,17H,4-5,9H2,1-3H3. The summed E-state index contributed by atoms with van der Waals surface area (Å²) in [7, 11) is 0. The molecule has 2 nitrogen and oxygen atoms in total. The molecule has 0 amide bonds.